The molecule has 0 aliphatic carbocycles. The fraction of sp³-hybridized carbons (Fsp3) is 0.625. The standard InChI is InChI=1S/C16H26BrN3/c1-3-15(18)16(13-7-4-5-8-14(13)17)20-10-6-9-19(2)11-12-20/h4-5,7-8,15-16H,3,6,9-12,18H2,1-2H3. The van der Waals surface area contributed by atoms with Crippen molar-refractivity contribution in [3.8, 4) is 0 Å². The molecule has 2 rings (SSSR count). The van der Waals surface area contributed by atoms with Gasteiger partial charge in [-0.05, 0) is 38.1 Å². The van der Waals surface area contributed by atoms with Gasteiger partial charge in [0.2, 0.25) is 0 Å². The minimum Gasteiger partial charge on any atom is -0.326 e. The zero-order valence-corrected chi connectivity index (χ0v) is 14.1. The van der Waals surface area contributed by atoms with E-state index in [-0.39, 0.29) is 6.04 Å². The molecule has 0 radical (unpaired) electrons. The third-order valence-electron chi connectivity index (χ3n) is 4.25. The predicted octanol–water partition coefficient (Wildman–Crippen LogP) is 2.87. The maximum Gasteiger partial charge on any atom is 0.0510 e. The van der Waals surface area contributed by atoms with Gasteiger partial charge in [0.25, 0.3) is 0 Å². The van der Waals surface area contributed by atoms with Crippen LogP contribution in [0.15, 0.2) is 28.7 Å². The Morgan fingerprint density at radius 3 is 2.65 bits per heavy atom. The third-order valence-corrected chi connectivity index (χ3v) is 4.97. The topological polar surface area (TPSA) is 32.5 Å². The maximum absolute atomic E-state index is 6.46. The number of rotatable bonds is 4. The van der Waals surface area contributed by atoms with Gasteiger partial charge in [0.05, 0.1) is 6.04 Å². The number of hydrogen-bond acceptors (Lipinski definition) is 3. The van der Waals surface area contributed by atoms with Crippen molar-refractivity contribution in [2.45, 2.75) is 31.8 Å². The zero-order valence-electron chi connectivity index (χ0n) is 12.6. The van der Waals surface area contributed by atoms with Gasteiger partial charge >= 0.3 is 0 Å². The molecular formula is C16H26BrN3. The van der Waals surface area contributed by atoms with Crippen LogP contribution in [0.25, 0.3) is 0 Å². The quantitative estimate of drug-likeness (QED) is 0.915. The number of hydrogen-bond donors (Lipinski definition) is 1. The summed E-state index contributed by atoms with van der Waals surface area (Å²) in [6.07, 6.45) is 2.21. The molecule has 1 aromatic rings. The van der Waals surface area contributed by atoms with E-state index in [1.54, 1.807) is 0 Å². The van der Waals surface area contributed by atoms with Gasteiger partial charge in [0, 0.05) is 30.1 Å². The van der Waals surface area contributed by atoms with Crippen molar-refractivity contribution in [2.75, 3.05) is 33.2 Å². The molecule has 112 valence electrons. The third kappa shape index (κ3) is 3.82. The van der Waals surface area contributed by atoms with Crippen LogP contribution in [0.5, 0.6) is 0 Å². The Labute approximate surface area is 131 Å². The van der Waals surface area contributed by atoms with Crippen molar-refractivity contribution >= 4 is 15.9 Å². The second kappa shape index (κ2) is 7.55. The Morgan fingerprint density at radius 1 is 1.20 bits per heavy atom. The average Bonchev–Trinajstić information content (AvgIpc) is 2.66. The first-order valence-corrected chi connectivity index (χ1v) is 8.35. The van der Waals surface area contributed by atoms with Gasteiger partial charge in [-0.1, -0.05) is 41.1 Å². The molecule has 1 aromatic carbocycles. The molecule has 0 spiro atoms. The Bertz CT molecular complexity index is 424. The van der Waals surface area contributed by atoms with Gasteiger partial charge in [-0.3, -0.25) is 4.90 Å². The van der Waals surface area contributed by atoms with Crippen LogP contribution in [0.2, 0.25) is 0 Å². The van der Waals surface area contributed by atoms with Crippen LogP contribution in [-0.2, 0) is 0 Å². The highest BCUT2D eigenvalue weighted by Crippen LogP contribution is 2.31. The lowest BCUT2D eigenvalue weighted by atomic mass is 9.96. The van der Waals surface area contributed by atoms with E-state index >= 15 is 0 Å². The minimum absolute atomic E-state index is 0.178. The van der Waals surface area contributed by atoms with E-state index in [1.807, 2.05) is 0 Å². The van der Waals surface area contributed by atoms with Crippen molar-refractivity contribution in [1.29, 1.82) is 0 Å². The van der Waals surface area contributed by atoms with Crippen molar-refractivity contribution < 1.29 is 0 Å². The highest BCUT2D eigenvalue weighted by Gasteiger charge is 2.28. The highest BCUT2D eigenvalue weighted by molar-refractivity contribution is 9.10. The molecule has 20 heavy (non-hydrogen) atoms. The smallest absolute Gasteiger partial charge is 0.0510 e. The van der Waals surface area contributed by atoms with E-state index in [0.717, 1.165) is 26.1 Å². The first-order valence-electron chi connectivity index (χ1n) is 7.56. The lowest BCUT2D eigenvalue weighted by Gasteiger charge is -2.35. The van der Waals surface area contributed by atoms with Crippen LogP contribution in [-0.4, -0.2) is 49.1 Å². The largest absolute Gasteiger partial charge is 0.326 e. The SMILES string of the molecule is CCC(N)C(c1ccccc1Br)N1CCCN(C)CC1. The van der Waals surface area contributed by atoms with Crippen LogP contribution < -0.4 is 5.73 Å². The number of halogens is 1. The maximum atomic E-state index is 6.46. The van der Waals surface area contributed by atoms with Crippen molar-refractivity contribution in [3.05, 3.63) is 34.3 Å². The van der Waals surface area contributed by atoms with Gasteiger partial charge in [-0.15, -0.1) is 0 Å². The molecule has 3 nitrogen and oxygen atoms in total. The van der Waals surface area contributed by atoms with E-state index in [4.69, 9.17) is 5.73 Å². The summed E-state index contributed by atoms with van der Waals surface area (Å²) in [5.41, 5.74) is 7.78. The molecule has 2 N–H and O–H groups in total. The highest BCUT2D eigenvalue weighted by atomic mass is 79.9. The number of nitrogens with zero attached hydrogens (tertiary/aromatic N) is 2. The molecule has 1 aliphatic heterocycles. The molecule has 1 aliphatic rings. The molecule has 1 heterocycles. The predicted molar refractivity (Wildman–Crippen MR) is 88.8 cm³/mol. The zero-order chi connectivity index (χ0) is 14.5. The molecule has 0 aromatic heterocycles. The first kappa shape index (κ1) is 16.0. The summed E-state index contributed by atoms with van der Waals surface area (Å²) in [6.45, 7) is 6.70. The summed E-state index contributed by atoms with van der Waals surface area (Å²) < 4.78 is 1.17. The summed E-state index contributed by atoms with van der Waals surface area (Å²) in [5.74, 6) is 0. The van der Waals surface area contributed by atoms with E-state index < -0.39 is 0 Å². The van der Waals surface area contributed by atoms with Crippen molar-refractivity contribution in [2.24, 2.45) is 5.73 Å². The van der Waals surface area contributed by atoms with Gasteiger partial charge in [-0.2, -0.15) is 0 Å². The van der Waals surface area contributed by atoms with Crippen molar-refractivity contribution in [3.63, 3.8) is 0 Å². The second-order valence-electron chi connectivity index (χ2n) is 5.73. The van der Waals surface area contributed by atoms with E-state index in [0.29, 0.717) is 6.04 Å². The summed E-state index contributed by atoms with van der Waals surface area (Å²) in [6, 6.07) is 8.99. The Hall–Kier alpha value is -0.420. The Balaban J connectivity index is 2.26. The Morgan fingerprint density at radius 2 is 1.95 bits per heavy atom. The normalized spacial score (nSPS) is 21.4. The summed E-state index contributed by atoms with van der Waals surface area (Å²) in [7, 11) is 2.21. The van der Waals surface area contributed by atoms with Gasteiger partial charge in [0.1, 0.15) is 0 Å². The molecule has 4 heteroatoms. The lowest BCUT2D eigenvalue weighted by Crippen LogP contribution is -2.42. The van der Waals surface area contributed by atoms with Crippen LogP contribution in [0.1, 0.15) is 31.4 Å². The number of nitrogens with two attached hydrogens (primary N) is 1. The van der Waals surface area contributed by atoms with Crippen LogP contribution in [0, 0.1) is 0 Å². The van der Waals surface area contributed by atoms with Crippen LogP contribution in [0.3, 0.4) is 0 Å². The Kier molecular flexibility index (Phi) is 6.02. The molecule has 0 amide bonds. The fourth-order valence-corrected chi connectivity index (χ4v) is 3.50. The average molecular weight is 340 g/mol. The monoisotopic (exact) mass is 339 g/mol. The van der Waals surface area contributed by atoms with E-state index in [9.17, 15) is 0 Å². The van der Waals surface area contributed by atoms with E-state index in [1.165, 1.54) is 23.0 Å². The molecule has 1 saturated heterocycles. The molecule has 1 fully saturated rings. The lowest BCUT2D eigenvalue weighted by molar-refractivity contribution is 0.174. The summed E-state index contributed by atoms with van der Waals surface area (Å²) in [4.78, 5) is 4.98. The molecular weight excluding hydrogens is 314 g/mol. The number of benzene rings is 1. The second-order valence-corrected chi connectivity index (χ2v) is 6.59. The summed E-state index contributed by atoms with van der Waals surface area (Å²) in [5, 5.41) is 0. The van der Waals surface area contributed by atoms with Crippen molar-refractivity contribution in [1.82, 2.24) is 9.80 Å². The number of likely N-dealkylation sites (N-methyl/N-ethyl adjacent to an activating group) is 1. The van der Waals surface area contributed by atoms with Crippen LogP contribution in [0.4, 0.5) is 0 Å². The van der Waals surface area contributed by atoms with E-state index in [2.05, 4.69) is 64.0 Å². The fourth-order valence-electron chi connectivity index (χ4n) is 2.98. The molecule has 2 atom stereocenters. The van der Waals surface area contributed by atoms with Gasteiger partial charge in [0.15, 0.2) is 0 Å². The van der Waals surface area contributed by atoms with Crippen LogP contribution >= 0.6 is 15.9 Å². The first-order chi connectivity index (χ1) is 9.63. The molecule has 2 unspecified atom stereocenters. The van der Waals surface area contributed by atoms with Gasteiger partial charge in [-0.25, -0.2) is 0 Å². The summed E-state index contributed by atoms with van der Waals surface area (Å²) >= 11 is 3.70. The minimum atomic E-state index is 0.178. The molecule has 0 bridgehead atoms. The molecule has 0 saturated carbocycles. The van der Waals surface area contributed by atoms with Gasteiger partial charge < -0.3 is 10.6 Å².